The Hall–Kier alpha value is -4.45. The number of anilines is 1. The fourth-order valence-electron chi connectivity index (χ4n) is 3.77. The number of rotatable bonds is 5. The normalized spacial score (nSPS) is 11.0. The van der Waals surface area contributed by atoms with Crippen LogP contribution in [0.15, 0.2) is 101 Å². The minimum Gasteiger partial charge on any atom is -0.422 e. The molecule has 0 unspecified atom stereocenters. The maximum Gasteiger partial charge on any atom is 0.349 e. The molecule has 0 fully saturated rings. The van der Waals surface area contributed by atoms with Gasteiger partial charge in [0.05, 0.1) is 0 Å². The zero-order valence-electron chi connectivity index (χ0n) is 17.1. The van der Waals surface area contributed by atoms with E-state index in [-0.39, 0.29) is 5.56 Å². The number of nitrogens with zero attached hydrogens (tertiary/aromatic N) is 2. The van der Waals surface area contributed by atoms with Crippen molar-refractivity contribution in [3.05, 3.63) is 113 Å². The second-order valence-electron chi connectivity index (χ2n) is 7.33. The molecule has 6 nitrogen and oxygen atoms in total. The first-order valence-electron chi connectivity index (χ1n) is 10.2. The largest absolute Gasteiger partial charge is 0.422 e. The number of hydrogen-bond acceptors (Lipinski definition) is 4. The van der Waals surface area contributed by atoms with Crippen LogP contribution in [0.5, 0.6) is 0 Å². The lowest BCUT2D eigenvalue weighted by Crippen LogP contribution is -2.21. The van der Waals surface area contributed by atoms with Crippen LogP contribution in [-0.4, -0.2) is 15.3 Å². The van der Waals surface area contributed by atoms with E-state index in [9.17, 15) is 9.59 Å². The minimum atomic E-state index is -0.693. The topological polar surface area (TPSA) is 76.6 Å². The zero-order chi connectivity index (χ0) is 22.1. The van der Waals surface area contributed by atoms with Crippen molar-refractivity contribution in [2.75, 3.05) is 5.32 Å². The number of fused-ring (bicyclic) bond motifs is 2. The van der Waals surface area contributed by atoms with Gasteiger partial charge in [0.15, 0.2) is 0 Å². The Morgan fingerprint density at radius 1 is 1.06 bits per heavy atom. The molecule has 0 saturated heterocycles. The molecule has 0 aliphatic heterocycles. The van der Waals surface area contributed by atoms with Gasteiger partial charge < -0.3 is 9.73 Å². The van der Waals surface area contributed by atoms with E-state index in [1.165, 1.54) is 0 Å². The SMILES string of the molecule is C=CCc1cccc2cc(C(=O)Nc3c(-c4ccccc4)nc4ccccn34)c(=O)oc12. The van der Waals surface area contributed by atoms with E-state index in [1.807, 2.05) is 72.9 Å². The average Bonchev–Trinajstić information content (AvgIpc) is 3.18. The molecule has 0 atom stereocenters. The molecule has 3 heterocycles. The quantitative estimate of drug-likeness (QED) is 0.317. The average molecular weight is 421 g/mol. The summed E-state index contributed by atoms with van der Waals surface area (Å²) in [6, 6.07) is 22.3. The Kier molecular flexibility index (Phi) is 4.88. The van der Waals surface area contributed by atoms with Gasteiger partial charge >= 0.3 is 5.63 Å². The highest BCUT2D eigenvalue weighted by atomic mass is 16.4. The van der Waals surface area contributed by atoms with E-state index in [1.54, 1.807) is 16.5 Å². The Morgan fingerprint density at radius 3 is 2.69 bits per heavy atom. The molecule has 156 valence electrons. The van der Waals surface area contributed by atoms with Crippen LogP contribution in [0.1, 0.15) is 15.9 Å². The van der Waals surface area contributed by atoms with Crippen LogP contribution in [0.3, 0.4) is 0 Å². The van der Waals surface area contributed by atoms with E-state index < -0.39 is 11.5 Å². The van der Waals surface area contributed by atoms with Gasteiger partial charge in [0, 0.05) is 17.1 Å². The number of carbonyl (C=O) groups is 1. The summed E-state index contributed by atoms with van der Waals surface area (Å²) in [6.07, 6.45) is 4.12. The Balaban J connectivity index is 1.60. The molecule has 32 heavy (non-hydrogen) atoms. The number of para-hydroxylation sites is 1. The molecule has 5 rings (SSSR count). The zero-order valence-corrected chi connectivity index (χ0v) is 17.1. The molecule has 1 N–H and O–H groups in total. The number of imidazole rings is 1. The number of benzene rings is 2. The molecule has 0 bridgehead atoms. The number of pyridine rings is 1. The first-order valence-corrected chi connectivity index (χ1v) is 10.2. The van der Waals surface area contributed by atoms with Crippen molar-refractivity contribution < 1.29 is 9.21 Å². The monoisotopic (exact) mass is 421 g/mol. The fraction of sp³-hybridized carbons (Fsp3) is 0.0385. The van der Waals surface area contributed by atoms with Crippen molar-refractivity contribution in [1.29, 1.82) is 0 Å². The Labute approximate surface area is 183 Å². The van der Waals surface area contributed by atoms with Gasteiger partial charge in [-0.3, -0.25) is 9.20 Å². The third-order valence-electron chi connectivity index (χ3n) is 5.26. The van der Waals surface area contributed by atoms with Gasteiger partial charge in [-0.15, -0.1) is 6.58 Å². The number of allylic oxidation sites excluding steroid dienone is 1. The molecule has 0 radical (unpaired) electrons. The van der Waals surface area contributed by atoms with Crippen LogP contribution >= 0.6 is 0 Å². The van der Waals surface area contributed by atoms with Gasteiger partial charge in [0.2, 0.25) is 0 Å². The van der Waals surface area contributed by atoms with Crippen LogP contribution in [0.2, 0.25) is 0 Å². The Morgan fingerprint density at radius 2 is 1.88 bits per heavy atom. The van der Waals surface area contributed by atoms with Crippen molar-refractivity contribution in [2.24, 2.45) is 0 Å². The summed E-state index contributed by atoms with van der Waals surface area (Å²) in [7, 11) is 0. The van der Waals surface area contributed by atoms with Gasteiger partial charge in [0.25, 0.3) is 5.91 Å². The van der Waals surface area contributed by atoms with Gasteiger partial charge in [0.1, 0.15) is 28.3 Å². The molecular weight excluding hydrogens is 402 g/mol. The summed E-state index contributed by atoms with van der Waals surface area (Å²) in [4.78, 5) is 30.6. The van der Waals surface area contributed by atoms with E-state index in [0.717, 1.165) is 11.1 Å². The summed E-state index contributed by atoms with van der Waals surface area (Å²) < 4.78 is 7.32. The first kappa shape index (κ1) is 19.5. The highest BCUT2D eigenvalue weighted by Gasteiger charge is 2.20. The van der Waals surface area contributed by atoms with Crippen LogP contribution in [0.25, 0.3) is 27.9 Å². The van der Waals surface area contributed by atoms with Crippen molar-refractivity contribution in [3.8, 4) is 11.3 Å². The molecule has 6 heteroatoms. The van der Waals surface area contributed by atoms with E-state index >= 15 is 0 Å². The van der Waals surface area contributed by atoms with Crippen LogP contribution < -0.4 is 10.9 Å². The number of nitrogens with one attached hydrogen (secondary N) is 1. The molecule has 0 aliphatic carbocycles. The number of amides is 1. The van der Waals surface area contributed by atoms with E-state index in [2.05, 4.69) is 16.9 Å². The lowest BCUT2D eigenvalue weighted by atomic mass is 10.1. The van der Waals surface area contributed by atoms with E-state index in [4.69, 9.17) is 4.42 Å². The minimum absolute atomic E-state index is 0.0712. The highest BCUT2D eigenvalue weighted by molar-refractivity contribution is 6.07. The molecule has 0 saturated carbocycles. The molecule has 3 aromatic heterocycles. The summed E-state index contributed by atoms with van der Waals surface area (Å²) >= 11 is 0. The lowest BCUT2D eigenvalue weighted by molar-refractivity contribution is 0.102. The van der Waals surface area contributed by atoms with Gasteiger partial charge in [-0.05, 0) is 30.2 Å². The molecular formula is C26H19N3O3. The van der Waals surface area contributed by atoms with E-state index in [0.29, 0.717) is 34.5 Å². The van der Waals surface area contributed by atoms with Crippen LogP contribution in [0, 0.1) is 0 Å². The number of aromatic nitrogens is 2. The van der Waals surface area contributed by atoms with Crippen molar-refractivity contribution in [3.63, 3.8) is 0 Å². The summed E-state index contributed by atoms with van der Waals surface area (Å²) in [5.41, 5.74) is 2.69. The highest BCUT2D eigenvalue weighted by Crippen LogP contribution is 2.29. The van der Waals surface area contributed by atoms with Gasteiger partial charge in [-0.25, -0.2) is 9.78 Å². The van der Waals surface area contributed by atoms with Crippen molar-refractivity contribution in [2.45, 2.75) is 6.42 Å². The Bertz CT molecular complexity index is 1530. The number of hydrogen-bond donors (Lipinski definition) is 1. The second kappa shape index (κ2) is 8.00. The third kappa shape index (κ3) is 3.37. The fourth-order valence-corrected chi connectivity index (χ4v) is 3.77. The van der Waals surface area contributed by atoms with Crippen LogP contribution in [-0.2, 0) is 6.42 Å². The van der Waals surface area contributed by atoms with Gasteiger partial charge in [-0.1, -0.05) is 60.7 Å². The van der Waals surface area contributed by atoms with Crippen molar-refractivity contribution in [1.82, 2.24) is 9.38 Å². The van der Waals surface area contributed by atoms with Crippen molar-refractivity contribution >= 4 is 28.3 Å². The third-order valence-corrected chi connectivity index (χ3v) is 5.26. The summed E-state index contributed by atoms with van der Waals surface area (Å²) in [5, 5.41) is 3.56. The second-order valence-corrected chi connectivity index (χ2v) is 7.33. The lowest BCUT2D eigenvalue weighted by Gasteiger charge is -2.09. The molecule has 2 aromatic carbocycles. The predicted molar refractivity (Wildman–Crippen MR) is 125 cm³/mol. The standard InChI is InChI=1S/C26H19N3O3/c1-2-9-18-12-8-13-19-16-20(26(31)32-23(18)19)25(30)28-24-22(17-10-4-3-5-11-17)27-21-14-6-7-15-29(21)24/h2-8,10-16H,1,9H2,(H,28,30). The summed E-state index contributed by atoms with van der Waals surface area (Å²) in [6.45, 7) is 3.74. The van der Waals surface area contributed by atoms with Crippen LogP contribution in [0.4, 0.5) is 5.82 Å². The molecule has 5 aromatic rings. The van der Waals surface area contributed by atoms with Gasteiger partial charge in [-0.2, -0.15) is 0 Å². The molecule has 0 spiro atoms. The maximum atomic E-state index is 13.2. The smallest absolute Gasteiger partial charge is 0.349 e. The molecule has 0 aliphatic rings. The summed E-state index contributed by atoms with van der Waals surface area (Å²) in [5.74, 6) is -0.0747. The maximum absolute atomic E-state index is 13.2. The number of carbonyl (C=O) groups excluding carboxylic acids is 1. The molecule has 1 amide bonds. The predicted octanol–water partition coefficient (Wildman–Crippen LogP) is 5.09. The first-order chi connectivity index (χ1) is 15.7.